The molecule has 0 radical (unpaired) electrons. The fraction of sp³-hybridized carbons (Fsp3) is 0.500. The lowest BCUT2D eigenvalue weighted by atomic mass is 10.0. The van der Waals surface area contributed by atoms with Crippen LogP contribution in [0.3, 0.4) is 0 Å². The summed E-state index contributed by atoms with van der Waals surface area (Å²) in [6, 6.07) is 19.5. The number of nitrogens with one attached hydrogen (secondary N) is 1. The summed E-state index contributed by atoms with van der Waals surface area (Å²) in [5.74, 6) is 2.59. The molecule has 1 N–H and O–H groups in total. The number of carbonyl (C=O) groups is 1. The molecule has 1 saturated carbocycles. The van der Waals surface area contributed by atoms with Gasteiger partial charge in [0.2, 0.25) is 5.91 Å². The average Bonchev–Trinajstić information content (AvgIpc) is 3.56. The first-order chi connectivity index (χ1) is 15.3. The van der Waals surface area contributed by atoms with E-state index in [1.165, 1.54) is 12.0 Å². The van der Waals surface area contributed by atoms with Crippen LogP contribution in [0.2, 0.25) is 0 Å². The minimum atomic E-state index is 0.235. The first-order valence-corrected chi connectivity index (χ1v) is 11.8. The Hall–Kier alpha value is -2.37. The van der Waals surface area contributed by atoms with Gasteiger partial charge >= 0.3 is 0 Å². The zero-order valence-electron chi connectivity index (χ0n) is 18.2. The summed E-state index contributed by atoms with van der Waals surface area (Å²) in [5.41, 5.74) is 2.46. The van der Waals surface area contributed by atoms with Gasteiger partial charge in [-0.3, -0.25) is 9.69 Å². The van der Waals surface area contributed by atoms with E-state index < -0.39 is 0 Å². The third-order valence-electron chi connectivity index (χ3n) is 6.87. The molecule has 1 amide bonds. The lowest BCUT2D eigenvalue weighted by Gasteiger charge is -2.39. The number of hydrogen-bond donors (Lipinski definition) is 1. The molecule has 2 atom stereocenters. The molecule has 5 nitrogen and oxygen atoms in total. The zero-order valence-corrected chi connectivity index (χ0v) is 18.2. The van der Waals surface area contributed by atoms with Crippen molar-refractivity contribution in [3.8, 4) is 5.75 Å². The molecule has 0 bridgehead atoms. The molecule has 1 unspecified atom stereocenters. The highest BCUT2D eigenvalue weighted by atomic mass is 16.5. The van der Waals surface area contributed by atoms with Crippen molar-refractivity contribution in [1.29, 1.82) is 0 Å². The standard InChI is InChI=1S/C26H33N3O2/c30-26-8-4-5-13-29(26)22-9-11-23(12-10-22)31-15-14-28-18-20(19-28)17-27-25-16-24(25)21-6-2-1-3-7-21/h1-3,6-7,9-12,20,24-25,27H,4-5,8,13-19H2/t24?,25-/m1/s1. The third kappa shape index (κ3) is 5.10. The molecule has 2 saturated heterocycles. The average molecular weight is 420 g/mol. The van der Waals surface area contributed by atoms with Crippen molar-refractivity contribution in [3.63, 3.8) is 0 Å². The van der Waals surface area contributed by atoms with Crippen molar-refractivity contribution >= 4 is 11.6 Å². The van der Waals surface area contributed by atoms with Crippen molar-refractivity contribution in [2.45, 2.75) is 37.6 Å². The number of anilines is 1. The Balaban J connectivity index is 0.959. The number of piperidine rings is 1. The molecule has 2 aromatic carbocycles. The Bertz CT molecular complexity index is 864. The van der Waals surface area contributed by atoms with Gasteiger partial charge in [-0.15, -0.1) is 0 Å². The maximum absolute atomic E-state index is 12.0. The van der Waals surface area contributed by atoms with Crippen LogP contribution in [0.4, 0.5) is 5.69 Å². The normalized spacial score (nSPS) is 24.1. The number of ether oxygens (including phenoxy) is 1. The molecule has 5 heteroatoms. The monoisotopic (exact) mass is 419 g/mol. The molecule has 2 aromatic rings. The van der Waals surface area contributed by atoms with Crippen LogP contribution in [0.15, 0.2) is 54.6 Å². The number of nitrogens with zero attached hydrogens (tertiary/aromatic N) is 2. The van der Waals surface area contributed by atoms with Crippen LogP contribution in [-0.2, 0) is 4.79 Å². The van der Waals surface area contributed by atoms with E-state index >= 15 is 0 Å². The Morgan fingerprint density at radius 1 is 1.00 bits per heavy atom. The second-order valence-electron chi connectivity index (χ2n) is 9.24. The van der Waals surface area contributed by atoms with Gasteiger partial charge in [0.05, 0.1) is 0 Å². The fourth-order valence-electron chi connectivity index (χ4n) is 4.89. The number of hydrogen-bond acceptors (Lipinski definition) is 4. The van der Waals surface area contributed by atoms with E-state index in [-0.39, 0.29) is 5.91 Å². The summed E-state index contributed by atoms with van der Waals surface area (Å²) in [6.45, 7) is 5.96. The molecule has 164 valence electrons. The van der Waals surface area contributed by atoms with Gasteiger partial charge in [0.1, 0.15) is 12.4 Å². The lowest BCUT2D eigenvalue weighted by molar-refractivity contribution is -0.119. The van der Waals surface area contributed by atoms with Gasteiger partial charge < -0.3 is 15.0 Å². The van der Waals surface area contributed by atoms with E-state index in [1.54, 1.807) is 0 Å². The molecule has 3 fully saturated rings. The van der Waals surface area contributed by atoms with Crippen LogP contribution in [0.25, 0.3) is 0 Å². The largest absolute Gasteiger partial charge is 0.492 e. The first-order valence-electron chi connectivity index (χ1n) is 11.8. The van der Waals surface area contributed by atoms with Crippen LogP contribution < -0.4 is 15.0 Å². The summed E-state index contributed by atoms with van der Waals surface area (Å²) in [6.07, 6.45) is 4.04. The van der Waals surface area contributed by atoms with Gasteiger partial charge in [0, 0.05) is 56.8 Å². The van der Waals surface area contributed by atoms with Crippen LogP contribution in [0.5, 0.6) is 5.75 Å². The van der Waals surface area contributed by atoms with E-state index in [2.05, 4.69) is 40.5 Å². The Kier molecular flexibility index (Phi) is 6.23. The summed E-state index contributed by atoms with van der Waals surface area (Å²) < 4.78 is 5.93. The maximum atomic E-state index is 12.0. The summed E-state index contributed by atoms with van der Waals surface area (Å²) in [4.78, 5) is 16.4. The minimum absolute atomic E-state index is 0.235. The van der Waals surface area contributed by atoms with E-state index in [0.29, 0.717) is 25.0 Å². The first kappa shape index (κ1) is 20.5. The maximum Gasteiger partial charge on any atom is 0.226 e. The van der Waals surface area contributed by atoms with Crippen molar-refractivity contribution in [2.24, 2.45) is 5.92 Å². The highest BCUT2D eigenvalue weighted by Crippen LogP contribution is 2.40. The van der Waals surface area contributed by atoms with Crippen molar-refractivity contribution in [2.75, 3.05) is 44.2 Å². The van der Waals surface area contributed by atoms with Crippen molar-refractivity contribution < 1.29 is 9.53 Å². The van der Waals surface area contributed by atoms with E-state index in [1.807, 2.05) is 29.2 Å². The highest BCUT2D eigenvalue weighted by Gasteiger charge is 2.38. The highest BCUT2D eigenvalue weighted by molar-refractivity contribution is 5.94. The predicted octanol–water partition coefficient (Wildman–Crippen LogP) is 3.66. The number of carbonyl (C=O) groups excluding carboxylic acids is 1. The fourth-order valence-corrected chi connectivity index (χ4v) is 4.89. The molecular formula is C26H33N3O2. The Morgan fingerprint density at radius 3 is 2.58 bits per heavy atom. The topological polar surface area (TPSA) is 44.8 Å². The molecule has 5 rings (SSSR count). The molecular weight excluding hydrogens is 386 g/mol. The van der Waals surface area contributed by atoms with Gasteiger partial charge in [-0.1, -0.05) is 30.3 Å². The number of likely N-dealkylation sites (tertiary alicyclic amines) is 1. The van der Waals surface area contributed by atoms with Gasteiger partial charge in [-0.2, -0.15) is 0 Å². The van der Waals surface area contributed by atoms with E-state index in [9.17, 15) is 4.79 Å². The second-order valence-corrected chi connectivity index (χ2v) is 9.24. The predicted molar refractivity (Wildman–Crippen MR) is 124 cm³/mol. The SMILES string of the molecule is O=C1CCCCN1c1ccc(OCCN2CC(CN[C@@H]3CC3c3ccccc3)C2)cc1. The summed E-state index contributed by atoms with van der Waals surface area (Å²) >= 11 is 0. The van der Waals surface area contributed by atoms with E-state index in [4.69, 9.17) is 4.74 Å². The number of amides is 1. The Labute approximate surface area is 185 Å². The molecule has 31 heavy (non-hydrogen) atoms. The van der Waals surface area contributed by atoms with Crippen molar-refractivity contribution in [1.82, 2.24) is 10.2 Å². The molecule has 0 spiro atoms. The van der Waals surface area contributed by atoms with Crippen LogP contribution in [0.1, 0.15) is 37.2 Å². The van der Waals surface area contributed by atoms with Gasteiger partial charge in [0.25, 0.3) is 0 Å². The van der Waals surface area contributed by atoms with Crippen LogP contribution >= 0.6 is 0 Å². The zero-order chi connectivity index (χ0) is 21.0. The smallest absolute Gasteiger partial charge is 0.226 e. The summed E-state index contributed by atoms with van der Waals surface area (Å²) in [7, 11) is 0. The quantitative estimate of drug-likeness (QED) is 0.674. The molecule has 0 aromatic heterocycles. The van der Waals surface area contributed by atoms with Crippen LogP contribution in [-0.4, -0.2) is 56.2 Å². The van der Waals surface area contributed by atoms with Gasteiger partial charge in [-0.05, 0) is 55.0 Å². The molecule has 3 aliphatic rings. The molecule has 1 aliphatic carbocycles. The molecule has 2 heterocycles. The second kappa shape index (κ2) is 9.41. The number of rotatable bonds is 9. The molecule has 2 aliphatic heterocycles. The van der Waals surface area contributed by atoms with Gasteiger partial charge in [-0.25, -0.2) is 0 Å². The van der Waals surface area contributed by atoms with E-state index in [0.717, 1.165) is 62.9 Å². The number of benzene rings is 2. The minimum Gasteiger partial charge on any atom is -0.492 e. The summed E-state index contributed by atoms with van der Waals surface area (Å²) in [5, 5.41) is 3.76. The van der Waals surface area contributed by atoms with Gasteiger partial charge in [0.15, 0.2) is 0 Å². The lowest BCUT2D eigenvalue weighted by Crippen LogP contribution is -2.52. The van der Waals surface area contributed by atoms with Crippen molar-refractivity contribution in [3.05, 3.63) is 60.2 Å². The third-order valence-corrected chi connectivity index (χ3v) is 6.87. The Morgan fingerprint density at radius 2 is 1.81 bits per heavy atom. The van der Waals surface area contributed by atoms with Crippen LogP contribution in [0, 0.1) is 5.92 Å².